The Hall–Kier alpha value is -3.65. The van der Waals surface area contributed by atoms with Gasteiger partial charge in [0.15, 0.2) is 10.6 Å². The Bertz CT molecular complexity index is 1560. The van der Waals surface area contributed by atoms with E-state index in [9.17, 15) is 28.6 Å². The van der Waals surface area contributed by atoms with Crippen molar-refractivity contribution in [2.45, 2.75) is 24.2 Å². The molecule has 0 atom stereocenters. The summed E-state index contributed by atoms with van der Waals surface area (Å²) in [4.78, 5) is 19.6. The van der Waals surface area contributed by atoms with Gasteiger partial charge >= 0.3 is 10.1 Å². The largest absolute Gasteiger partial charge is 1.00 e. The summed E-state index contributed by atoms with van der Waals surface area (Å²) in [5.41, 5.74) is 2.50. The maximum atomic E-state index is 12.7. The van der Waals surface area contributed by atoms with E-state index in [2.05, 4.69) is 30.6 Å². The highest BCUT2D eigenvalue weighted by molar-refractivity contribution is 7.87. The molecule has 0 aromatic heterocycles. The monoisotopic (exact) mass is 635 g/mol. The van der Waals surface area contributed by atoms with Gasteiger partial charge in [0.2, 0.25) is 5.69 Å². The Morgan fingerprint density at radius 2 is 1.57 bits per heavy atom. The third-order valence-electron chi connectivity index (χ3n) is 6.08. The highest BCUT2D eigenvalue weighted by atomic mass is 127. The van der Waals surface area contributed by atoms with Crippen LogP contribution in [-0.4, -0.2) is 35.6 Å². The molecular formula is C25H22IN3O7S. The second-order valence-corrected chi connectivity index (χ2v) is 10.2. The molecule has 0 saturated heterocycles. The Balaban J connectivity index is 0.00000380. The van der Waals surface area contributed by atoms with Gasteiger partial charge in [-0.25, -0.2) is 0 Å². The van der Waals surface area contributed by atoms with Crippen LogP contribution in [0.2, 0.25) is 0 Å². The van der Waals surface area contributed by atoms with E-state index < -0.39 is 36.2 Å². The molecule has 0 amide bonds. The quantitative estimate of drug-likeness (QED) is 0.128. The predicted octanol–water partition coefficient (Wildman–Crippen LogP) is 1.99. The molecule has 0 N–H and O–H groups in total. The van der Waals surface area contributed by atoms with Crippen molar-refractivity contribution in [3.05, 3.63) is 104 Å². The van der Waals surface area contributed by atoms with E-state index in [0.717, 1.165) is 29.1 Å². The van der Waals surface area contributed by atoms with Gasteiger partial charge in [-0.2, -0.15) is 13.0 Å². The van der Waals surface area contributed by atoms with E-state index >= 15 is 0 Å². The number of hydrogen-bond donors (Lipinski definition) is 0. The second-order valence-electron chi connectivity index (χ2n) is 8.69. The van der Waals surface area contributed by atoms with Crippen LogP contribution in [0.1, 0.15) is 25.0 Å². The summed E-state index contributed by atoms with van der Waals surface area (Å²) < 4.78 is 32.6. The molecule has 0 fully saturated rings. The average molecular weight is 635 g/mol. The minimum atomic E-state index is -4.62. The molecule has 0 unspecified atom stereocenters. The van der Waals surface area contributed by atoms with Gasteiger partial charge in [-0.15, -0.1) is 0 Å². The second kappa shape index (κ2) is 10.4. The summed E-state index contributed by atoms with van der Waals surface area (Å²) in [5, 5.41) is 22.2. The molecule has 0 radical (unpaired) electrons. The molecule has 1 heterocycles. The molecule has 0 saturated carbocycles. The summed E-state index contributed by atoms with van der Waals surface area (Å²) in [6.07, 6.45) is 3.91. The molecular weight excluding hydrogens is 613 g/mol. The summed E-state index contributed by atoms with van der Waals surface area (Å²) in [6.45, 7) is 4.29. The SMILES string of the molecule is C[N+]1=C(/C=C/c2ccc(OS(=O)(=O)c3ccc([N+](=O)[O-])cc3[N+](=O)[O-])cc2)C(C)(C)c2ccccc21.[I-]. The van der Waals surface area contributed by atoms with Gasteiger partial charge < -0.3 is 28.2 Å². The number of halogens is 1. The number of fused-ring (bicyclic) bond motifs is 1. The smallest absolute Gasteiger partial charge is 0.346 e. The van der Waals surface area contributed by atoms with Crippen molar-refractivity contribution in [3.63, 3.8) is 0 Å². The zero-order chi connectivity index (χ0) is 26.3. The lowest BCUT2D eigenvalue weighted by atomic mass is 9.81. The van der Waals surface area contributed by atoms with Crippen LogP contribution in [0.4, 0.5) is 17.1 Å². The van der Waals surface area contributed by atoms with Gasteiger partial charge in [-0.3, -0.25) is 20.2 Å². The van der Waals surface area contributed by atoms with Gasteiger partial charge in [0, 0.05) is 23.8 Å². The van der Waals surface area contributed by atoms with Crippen molar-refractivity contribution in [2.75, 3.05) is 7.05 Å². The molecule has 12 heteroatoms. The van der Waals surface area contributed by atoms with Crippen molar-refractivity contribution in [1.82, 2.24) is 0 Å². The van der Waals surface area contributed by atoms with Gasteiger partial charge in [-0.1, -0.05) is 30.3 Å². The summed E-state index contributed by atoms with van der Waals surface area (Å²) in [5.74, 6) is -0.0572. The number of allylic oxidation sites excluding steroid dienone is 1. The minimum Gasteiger partial charge on any atom is -1.00 e. The van der Waals surface area contributed by atoms with Gasteiger partial charge in [0.25, 0.3) is 11.4 Å². The number of para-hydroxylation sites is 1. The zero-order valence-electron chi connectivity index (χ0n) is 20.0. The minimum absolute atomic E-state index is 0. The average Bonchev–Trinajstić information content (AvgIpc) is 3.03. The molecule has 1 aliphatic heterocycles. The number of non-ortho nitro benzene ring substituents is 1. The summed E-state index contributed by atoms with van der Waals surface area (Å²) in [6, 6.07) is 16.6. The first-order valence-electron chi connectivity index (χ1n) is 10.8. The van der Waals surface area contributed by atoms with Crippen molar-refractivity contribution >= 4 is 39.0 Å². The van der Waals surface area contributed by atoms with E-state index in [4.69, 9.17) is 4.18 Å². The first kappa shape index (κ1) is 27.9. The molecule has 37 heavy (non-hydrogen) atoms. The van der Waals surface area contributed by atoms with Crippen LogP contribution in [0, 0.1) is 20.2 Å². The van der Waals surface area contributed by atoms with Crippen LogP contribution in [0.25, 0.3) is 6.08 Å². The zero-order valence-corrected chi connectivity index (χ0v) is 23.0. The maximum absolute atomic E-state index is 12.7. The lowest BCUT2D eigenvalue weighted by molar-refractivity contribution is -0.401. The van der Waals surface area contributed by atoms with Crippen LogP contribution in [0.5, 0.6) is 5.75 Å². The number of nitro groups is 2. The van der Waals surface area contributed by atoms with Crippen LogP contribution < -0.4 is 28.2 Å². The Morgan fingerprint density at radius 3 is 2.16 bits per heavy atom. The van der Waals surface area contributed by atoms with Crippen molar-refractivity contribution in [3.8, 4) is 5.75 Å². The van der Waals surface area contributed by atoms with Crippen molar-refractivity contribution < 1.29 is 51.0 Å². The first-order chi connectivity index (χ1) is 16.9. The molecule has 3 aromatic rings. The summed E-state index contributed by atoms with van der Waals surface area (Å²) in [7, 11) is -2.61. The number of hydrogen-bond acceptors (Lipinski definition) is 7. The number of nitrogens with zero attached hydrogens (tertiary/aromatic N) is 3. The predicted molar refractivity (Wildman–Crippen MR) is 133 cm³/mol. The Kier molecular flexibility index (Phi) is 7.83. The highest BCUT2D eigenvalue weighted by Gasteiger charge is 2.42. The van der Waals surface area contributed by atoms with Crippen molar-refractivity contribution in [1.29, 1.82) is 0 Å². The van der Waals surface area contributed by atoms with Crippen LogP contribution in [-0.2, 0) is 15.5 Å². The first-order valence-corrected chi connectivity index (χ1v) is 12.2. The molecule has 0 bridgehead atoms. The topological polar surface area (TPSA) is 133 Å². The number of benzene rings is 3. The van der Waals surface area contributed by atoms with Crippen LogP contribution in [0.15, 0.2) is 77.7 Å². The Labute approximate surface area is 230 Å². The fraction of sp³-hybridized carbons (Fsp3) is 0.160. The van der Waals surface area contributed by atoms with Gasteiger partial charge in [-0.05, 0) is 43.7 Å². The van der Waals surface area contributed by atoms with E-state index in [1.165, 1.54) is 17.7 Å². The van der Waals surface area contributed by atoms with Crippen molar-refractivity contribution in [2.24, 2.45) is 0 Å². The van der Waals surface area contributed by atoms with E-state index in [0.29, 0.717) is 6.07 Å². The number of rotatable bonds is 7. The fourth-order valence-corrected chi connectivity index (χ4v) is 5.33. The molecule has 0 aliphatic carbocycles. The van der Waals surface area contributed by atoms with E-state index in [1.54, 1.807) is 12.1 Å². The van der Waals surface area contributed by atoms with Crippen LogP contribution in [0.3, 0.4) is 0 Å². The van der Waals surface area contributed by atoms with Gasteiger partial charge in [0.05, 0.1) is 21.3 Å². The molecule has 1 aliphatic rings. The van der Waals surface area contributed by atoms with Crippen LogP contribution >= 0.6 is 0 Å². The lowest BCUT2D eigenvalue weighted by Crippen LogP contribution is -3.00. The highest BCUT2D eigenvalue weighted by Crippen LogP contribution is 2.39. The Morgan fingerprint density at radius 1 is 0.919 bits per heavy atom. The van der Waals surface area contributed by atoms with E-state index in [1.807, 2.05) is 31.3 Å². The molecule has 192 valence electrons. The third kappa shape index (κ3) is 5.39. The van der Waals surface area contributed by atoms with Gasteiger partial charge in [0.1, 0.15) is 12.8 Å². The summed E-state index contributed by atoms with van der Waals surface area (Å²) >= 11 is 0. The molecule has 3 aromatic carbocycles. The molecule has 4 rings (SSSR count). The van der Waals surface area contributed by atoms with E-state index in [-0.39, 0.29) is 35.1 Å². The third-order valence-corrected chi connectivity index (χ3v) is 7.38. The standard InChI is InChI=1S/C25H22N3O7S.HI/c1-25(2)20-6-4-5-7-21(20)26(3)24(25)15-10-17-8-12-19(13-9-17)35-36(33,34)23-14-11-18(27(29)30)16-22(23)28(31)32;/h4-16H,1-3H3;1H/q+1;/p-1/b15-10+;. The molecule has 10 nitrogen and oxygen atoms in total. The lowest BCUT2D eigenvalue weighted by Gasteiger charge is -2.15. The number of nitro benzene ring substituents is 2. The molecule has 0 spiro atoms. The normalized spacial score (nSPS) is 14.2. The maximum Gasteiger partial charge on any atom is 0.346 e. The fourth-order valence-electron chi connectivity index (χ4n) is 4.26.